The Balaban J connectivity index is 1.77. The van der Waals surface area contributed by atoms with E-state index in [-0.39, 0.29) is 23.3 Å². The quantitative estimate of drug-likeness (QED) is 0.893. The Morgan fingerprint density at radius 3 is 2.46 bits per heavy atom. The number of aryl methyl sites for hydroxylation is 2. The number of aromatic nitrogens is 2. The molecule has 0 aromatic carbocycles. The van der Waals surface area contributed by atoms with Crippen LogP contribution >= 0.6 is 0 Å². The predicted octanol–water partition coefficient (Wildman–Crippen LogP) is 3.62. The third-order valence-electron chi connectivity index (χ3n) is 5.96. The van der Waals surface area contributed by atoms with Gasteiger partial charge >= 0.3 is 6.03 Å². The molecular formula is C20H34N4O2. The van der Waals surface area contributed by atoms with E-state index in [9.17, 15) is 4.79 Å². The van der Waals surface area contributed by atoms with Gasteiger partial charge in [-0.05, 0) is 47.0 Å². The van der Waals surface area contributed by atoms with Crippen molar-refractivity contribution < 1.29 is 9.53 Å². The van der Waals surface area contributed by atoms with Crippen molar-refractivity contribution in [1.29, 1.82) is 0 Å². The van der Waals surface area contributed by atoms with Crippen LogP contribution in [0.25, 0.3) is 0 Å². The van der Waals surface area contributed by atoms with E-state index in [4.69, 9.17) is 4.74 Å². The van der Waals surface area contributed by atoms with Crippen molar-refractivity contribution in [1.82, 2.24) is 20.0 Å². The van der Waals surface area contributed by atoms with Gasteiger partial charge in [-0.3, -0.25) is 4.68 Å². The molecule has 1 spiro atoms. The van der Waals surface area contributed by atoms with Crippen LogP contribution in [0.15, 0.2) is 0 Å². The van der Waals surface area contributed by atoms with Gasteiger partial charge in [-0.15, -0.1) is 0 Å². The van der Waals surface area contributed by atoms with Gasteiger partial charge in [0, 0.05) is 18.3 Å². The predicted molar refractivity (Wildman–Crippen MR) is 102 cm³/mol. The molecule has 2 heterocycles. The summed E-state index contributed by atoms with van der Waals surface area (Å²) in [7, 11) is 1.95. The van der Waals surface area contributed by atoms with E-state index in [1.807, 2.05) is 23.6 Å². The summed E-state index contributed by atoms with van der Waals surface area (Å²) < 4.78 is 8.32. The van der Waals surface area contributed by atoms with Gasteiger partial charge in [-0.25, -0.2) is 4.79 Å². The van der Waals surface area contributed by atoms with Crippen molar-refractivity contribution >= 4 is 6.03 Å². The highest BCUT2D eigenvalue weighted by Gasteiger charge is 2.47. The molecule has 0 radical (unpaired) electrons. The zero-order chi connectivity index (χ0) is 19.1. The highest BCUT2D eigenvalue weighted by Crippen LogP contribution is 2.40. The van der Waals surface area contributed by atoms with E-state index in [0.717, 1.165) is 36.2 Å². The molecule has 1 aliphatic heterocycles. The number of nitrogens with zero attached hydrogens (tertiary/aromatic N) is 3. The lowest BCUT2D eigenvalue weighted by Gasteiger charge is -2.48. The summed E-state index contributed by atoms with van der Waals surface area (Å²) in [6.07, 6.45) is 5.34. The summed E-state index contributed by atoms with van der Waals surface area (Å²) in [5.41, 5.74) is 2.80. The lowest BCUT2D eigenvalue weighted by molar-refractivity contribution is -0.184. The van der Waals surface area contributed by atoms with E-state index in [1.54, 1.807) is 0 Å². The summed E-state index contributed by atoms with van der Waals surface area (Å²) in [4.78, 5) is 15.1. The maximum Gasteiger partial charge on any atom is 0.318 e. The normalized spacial score (nSPS) is 22.6. The third-order valence-corrected chi connectivity index (χ3v) is 5.96. The number of ether oxygens (including phenoxy) is 1. The number of amides is 2. The summed E-state index contributed by atoms with van der Waals surface area (Å²) in [5.74, 6) is 0. The van der Waals surface area contributed by atoms with Crippen LogP contribution in [0, 0.1) is 13.8 Å². The molecule has 1 saturated carbocycles. The Kier molecular flexibility index (Phi) is 5.08. The van der Waals surface area contributed by atoms with E-state index in [2.05, 4.69) is 38.1 Å². The molecule has 1 unspecified atom stereocenters. The zero-order valence-corrected chi connectivity index (χ0v) is 17.2. The van der Waals surface area contributed by atoms with Crippen molar-refractivity contribution in [2.75, 3.05) is 13.1 Å². The number of rotatable bonds is 3. The zero-order valence-electron chi connectivity index (χ0n) is 17.2. The largest absolute Gasteiger partial charge is 0.365 e. The molecule has 2 aliphatic rings. The van der Waals surface area contributed by atoms with E-state index in [0.29, 0.717) is 13.1 Å². The van der Waals surface area contributed by atoms with Gasteiger partial charge in [-0.1, -0.05) is 19.8 Å². The first-order chi connectivity index (χ1) is 12.2. The number of morpholine rings is 1. The van der Waals surface area contributed by atoms with Gasteiger partial charge in [0.05, 0.1) is 36.0 Å². The fourth-order valence-corrected chi connectivity index (χ4v) is 4.85. The van der Waals surface area contributed by atoms with Gasteiger partial charge in [0.25, 0.3) is 0 Å². The molecule has 1 saturated heterocycles. The van der Waals surface area contributed by atoms with E-state index < -0.39 is 0 Å². The monoisotopic (exact) mass is 362 g/mol. The first-order valence-corrected chi connectivity index (χ1v) is 9.92. The van der Waals surface area contributed by atoms with E-state index >= 15 is 0 Å². The molecule has 2 fully saturated rings. The Morgan fingerprint density at radius 1 is 1.27 bits per heavy atom. The maximum absolute atomic E-state index is 13.1. The first kappa shape index (κ1) is 19.2. The number of urea groups is 1. The van der Waals surface area contributed by atoms with Crippen LogP contribution < -0.4 is 5.32 Å². The third kappa shape index (κ3) is 3.61. The summed E-state index contributed by atoms with van der Waals surface area (Å²) in [6.45, 7) is 11.7. The van der Waals surface area contributed by atoms with Crippen molar-refractivity contribution in [2.24, 2.45) is 7.05 Å². The number of carbonyl (C=O) groups excluding carboxylic acids is 1. The van der Waals surface area contributed by atoms with Gasteiger partial charge < -0.3 is 15.0 Å². The second-order valence-electron chi connectivity index (χ2n) is 8.73. The average molecular weight is 363 g/mol. The molecule has 1 N–H and O–H groups in total. The van der Waals surface area contributed by atoms with Crippen molar-refractivity contribution in [3.63, 3.8) is 0 Å². The van der Waals surface area contributed by atoms with Crippen LogP contribution in [0.2, 0.25) is 0 Å². The smallest absolute Gasteiger partial charge is 0.318 e. The molecule has 3 rings (SSSR count). The minimum Gasteiger partial charge on any atom is -0.365 e. The highest BCUT2D eigenvalue weighted by molar-refractivity contribution is 5.75. The van der Waals surface area contributed by atoms with Crippen LogP contribution in [-0.4, -0.2) is 45.0 Å². The summed E-state index contributed by atoms with van der Waals surface area (Å²) in [6, 6.07) is 0.00355. The van der Waals surface area contributed by atoms with Crippen molar-refractivity contribution in [3.05, 3.63) is 17.0 Å². The average Bonchev–Trinajstić information content (AvgIpc) is 3.08. The topological polar surface area (TPSA) is 59.4 Å². The molecule has 1 aromatic rings. The van der Waals surface area contributed by atoms with Crippen LogP contribution in [0.5, 0.6) is 0 Å². The Bertz CT molecular complexity index is 674. The number of hydrogen-bond acceptors (Lipinski definition) is 3. The number of hydrogen-bond donors (Lipinski definition) is 1. The lowest BCUT2D eigenvalue weighted by atomic mass is 9.94. The van der Waals surface area contributed by atoms with Gasteiger partial charge in [-0.2, -0.15) is 5.10 Å². The van der Waals surface area contributed by atoms with Crippen molar-refractivity contribution in [2.45, 2.75) is 84.0 Å². The second kappa shape index (κ2) is 6.87. The molecule has 1 aromatic heterocycles. The lowest BCUT2D eigenvalue weighted by Crippen LogP contribution is -2.61. The molecule has 2 amide bonds. The summed E-state index contributed by atoms with van der Waals surface area (Å²) >= 11 is 0. The highest BCUT2D eigenvalue weighted by atomic mass is 16.5. The molecule has 6 heteroatoms. The van der Waals surface area contributed by atoms with Gasteiger partial charge in [0.1, 0.15) is 0 Å². The van der Waals surface area contributed by atoms with Gasteiger partial charge in [0.2, 0.25) is 0 Å². The molecule has 0 bridgehead atoms. The fraction of sp³-hybridized carbons (Fsp3) is 0.800. The van der Waals surface area contributed by atoms with Crippen molar-refractivity contribution in [3.8, 4) is 0 Å². The van der Waals surface area contributed by atoms with Gasteiger partial charge in [0.15, 0.2) is 0 Å². The molecule has 1 aliphatic carbocycles. The standard InChI is InChI=1S/C20H34N4O2/c1-7-16(17-14(2)22-23(6)15(17)3)21-18(25)24-12-19(4,5)26-20(13-24)10-8-9-11-20/h16H,7-13H2,1-6H3,(H,21,25). The maximum atomic E-state index is 13.1. The molecule has 6 nitrogen and oxygen atoms in total. The Morgan fingerprint density at radius 2 is 1.92 bits per heavy atom. The van der Waals surface area contributed by atoms with Crippen LogP contribution in [0.4, 0.5) is 4.79 Å². The molecule has 26 heavy (non-hydrogen) atoms. The molecule has 1 atom stereocenters. The SMILES string of the molecule is CCC(NC(=O)N1CC(C)(C)OC2(CCCC2)C1)c1c(C)nn(C)c1C. The van der Waals surface area contributed by atoms with Crippen LogP contribution in [0.1, 0.15) is 75.9 Å². The van der Waals surface area contributed by atoms with Crippen LogP contribution in [0.3, 0.4) is 0 Å². The molecule has 146 valence electrons. The minimum atomic E-state index is -0.304. The molecular weight excluding hydrogens is 328 g/mol. The van der Waals surface area contributed by atoms with Crippen LogP contribution in [-0.2, 0) is 11.8 Å². The minimum absolute atomic E-state index is 0.0123. The Hall–Kier alpha value is -1.56. The Labute approximate surface area is 157 Å². The number of carbonyl (C=O) groups is 1. The van der Waals surface area contributed by atoms with E-state index in [1.165, 1.54) is 12.8 Å². The summed E-state index contributed by atoms with van der Waals surface area (Å²) in [5, 5.41) is 7.78. The fourth-order valence-electron chi connectivity index (χ4n) is 4.85. The first-order valence-electron chi connectivity index (χ1n) is 9.92. The second-order valence-corrected chi connectivity index (χ2v) is 8.73. The number of nitrogens with one attached hydrogen (secondary N) is 1.